The van der Waals surface area contributed by atoms with Crippen molar-refractivity contribution in [3.05, 3.63) is 86.9 Å². The van der Waals surface area contributed by atoms with E-state index in [1.54, 1.807) is 25.1 Å². The lowest BCUT2D eigenvalue weighted by atomic mass is 10.1. The maximum Gasteiger partial charge on any atom is 0.271 e. The van der Waals surface area contributed by atoms with E-state index in [1.807, 2.05) is 0 Å². The van der Waals surface area contributed by atoms with Gasteiger partial charge in [0.25, 0.3) is 21.6 Å². The number of nitro groups is 1. The molecule has 166 valence electrons. The van der Waals surface area contributed by atoms with E-state index < -0.39 is 20.9 Å². The normalized spacial score (nSPS) is 11.0. The SMILES string of the molecule is COc1ccc([N+](=O)[O-])cc1NS(=O)(=O)c1cccc(C(=O)Nc2cccc(Cl)c2C)c1. The van der Waals surface area contributed by atoms with Crippen LogP contribution in [0.1, 0.15) is 15.9 Å². The zero-order valence-electron chi connectivity index (χ0n) is 17.0. The minimum Gasteiger partial charge on any atom is -0.495 e. The Bertz CT molecular complexity index is 1310. The van der Waals surface area contributed by atoms with Crippen molar-refractivity contribution in [1.29, 1.82) is 0 Å². The second kappa shape index (κ2) is 9.25. The average Bonchev–Trinajstić information content (AvgIpc) is 2.76. The Morgan fingerprint density at radius 2 is 1.78 bits per heavy atom. The fourth-order valence-corrected chi connectivity index (χ4v) is 4.12. The Labute approximate surface area is 189 Å². The number of nitro benzene ring substituents is 1. The average molecular weight is 476 g/mol. The molecule has 11 heteroatoms. The lowest BCUT2D eigenvalue weighted by Crippen LogP contribution is -2.16. The summed E-state index contributed by atoms with van der Waals surface area (Å²) in [5, 5.41) is 14.2. The molecule has 0 aliphatic heterocycles. The van der Waals surface area contributed by atoms with E-state index in [9.17, 15) is 23.3 Å². The number of hydrogen-bond donors (Lipinski definition) is 2. The van der Waals surface area contributed by atoms with Gasteiger partial charge in [0.1, 0.15) is 5.75 Å². The summed E-state index contributed by atoms with van der Waals surface area (Å²) in [4.78, 5) is 22.8. The Morgan fingerprint density at radius 3 is 2.47 bits per heavy atom. The van der Waals surface area contributed by atoms with Crippen molar-refractivity contribution in [3.8, 4) is 5.75 Å². The molecule has 32 heavy (non-hydrogen) atoms. The van der Waals surface area contributed by atoms with E-state index in [4.69, 9.17) is 16.3 Å². The molecule has 1 amide bonds. The number of ether oxygens (including phenoxy) is 1. The zero-order chi connectivity index (χ0) is 23.5. The number of anilines is 2. The summed E-state index contributed by atoms with van der Waals surface area (Å²) in [7, 11) is -2.88. The number of carbonyl (C=O) groups excluding carboxylic acids is 1. The van der Waals surface area contributed by atoms with Crippen molar-refractivity contribution in [3.63, 3.8) is 0 Å². The van der Waals surface area contributed by atoms with Crippen molar-refractivity contribution < 1.29 is 22.9 Å². The van der Waals surface area contributed by atoms with Crippen molar-refractivity contribution >= 4 is 44.6 Å². The summed E-state index contributed by atoms with van der Waals surface area (Å²) in [6, 6.07) is 13.9. The molecule has 2 N–H and O–H groups in total. The first-order chi connectivity index (χ1) is 15.1. The van der Waals surface area contributed by atoms with Crippen LogP contribution in [0.2, 0.25) is 5.02 Å². The molecule has 0 spiro atoms. The number of rotatable bonds is 7. The number of hydrogen-bond acceptors (Lipinski definition) is 6. The Kier molecular flexibility index (Phi) is 6.66. The smallest absolute Gasteiger partial charge is 0.271 e. The molecule has 3 aromatic rings. The fraction of sp³-hybridized carbons (Fsp3) is 0.0952. The Morgan fingerprint density at radius 1 is 1.06 bits per heavy atom. The summed E-state index contributed by atoms with van der Waals surface area (Å²) in [5.74, 6) is -0.426. The van der Waals surface area contributed by atoms with Crippen molar-refractivity contribution in [2.24, 2.45) is 0 Å². The van der Waals surface area contributed by atoms with Gasteiger partial charge in [0.15, 0.2) is 0 Å². The van der Waals surface area contributed by atoms with Crippen molar-refractivity contribution in [2.45, 2.75) is 11.8 Å². The third kappa shape index (κ3) is 4.98. The standard InChI is InChI=1S/C21H18ClN3O6S/c1-13-17(22)7-4-8-18(13)23-21(26)14-5-3-6-16(11-14)32(29,30)24-19-12-15(25(27)28)9-10-20(19)31-2/h3-12,24H,1-2H3,(H,23,26). The molecule has 0 aliphatic rings. The fourth-order valence-electron chi connectivity index (χ4n) is 2.83. The highest BCUT2D eigenvalue weighted by Gasteiger charge is 2.21. The number of halogens is 1. The summed E-state index contributed by atoms with van der Waals surface area (Å²) in [6.07, 6.45) is 0. The van der Waals surface area contributed by atoms with Crippen LogP contribution in [0.15, 0.2) is 65.6 Å². The first kappa shape index (κ1) is 23.0. The molecular formula is C21H18ClN3O6S. The first-order valence-electron chi connectivity index (χ1n) is 9.14. The lowest BCUT2D eigenvalue weighted by molar-refractivity contribution is -0.384. The van der Waals surface area contributed by atoms with Gasteiger partial charge in [-0.3, -0.25) is 19.6 Å². The second-order valence-electron chi connectivity index (χ2n) is 6.64. The molecule has 0 saturated carbocycles. The Hall–Kier alpha value is -3.63. The van der Waals surface area contributed by atoms with E-state index in [0.717, 1.165) is 6.07 Å². The maximum atomic E-state index is 12.9. The summed E-state index contributed by atoms with van der Waals surface area (Å²) in [6.45, 7) is 1.75. The molecule has 0 atom stereocenters. The maximum absolute atomic E-state index is 12.9. The molecule has 0 heterocycles. The molecule has 0 unspecified atom stereocenters. The van der Waals surface area contributed by atoms with Gasteiger partial charge in [-0.1, -0.05) is 23.7 Å². The number of amides is 1. The molecular weight excluding hydrogens is 458 g/mol. The number of sulfonamides is 1. The highest BCUT2D eigenvalue weighted by Crippen LogP contribution is 2.31. The van der Waals surface area contributed by atoms with E-state index in [-0.39, 0.29) is 27.6 Å². The predicted octanol–water partition coefficient (Wildman–Crippen LogP) is 4.62. The molecule has 3 aromatic carbocycles. The van der Waals surface area contributed by atoms with Crippen LogP contribution in [-0.4, -0.2) is 26.4 Å². The van der Waals surface area contributed by atoms with Crippen LogP contribution >= 0.6 is 11.6 Å². The van der Waals surface area contributed by atoms with Gasteiger partial charge >= 0.3 is 0 Å². The van der Waals surface area contributed by atoms with Gasteiger partial charge in [-0.25, -0.2) is 8.42 Å². The van der Waals surface area contributed by atoms with Gasteiger partial charge in [0.2, 0.25) is 0 Å². The molecule has 3 rings (SSSR count). The van der Waals surface area contributed by atoms with Crippen LogP contribution in [0.25, 0.3) is 0 Å². The summed E-state index contributed by atoms with van der Waals surface area (Å²) >= 11 is 6.07. The van der Waals surface area contributed by atoms with E-state index in [1.165, 1.54) is 43.5 Å². The van der Waals surface area contributed by atoms with Crippen molar-refractivity contribution in [1.82, 2.24) is 0 Å². The van der Waals surface area contributed by atoms with Crippen LogP contribution in [0.3, 0.4) is 0 Å². The third-order valence-corrected chi connectivity index (χ3v) is 6.33. The van der Waals surface area contributed by atoms with Gasteiger partial charge < -0.3 is 10.1 Å². The zero-order valence-corrected chi connectivity index (χ0v) is 18.5. The van der Waals surface area contributed by atoms with Crippen LogP contribution in [0, 0.1) is 17.0 Å². The molecule has 0 aromatic heterocycles. The number of nitrogens with one attached hydrogen (secondary N) is 2. The van der Waals surface area contributed by atoms with E-state index >= 15 is 0 Å². The van der Waals surface area contributed by atoms with Gasteiger partial charge in [0, 0.05) is 28.4 Å². The molecule has 0 saturated heterocycles. The highest BCUT2D eigenvalue weighted by atomic mass is 35.5. The first-order valence-corrected chi connectivity index (χ1v) is 11.0. The van der Waals surface area contributed by atoms with Crippen LogP contribution < -0.4 is 14.8 Å². The molecule has 9 nitrogen and oxygen atoms in total. The van der Waals surface area contributed by atoms with Crippen LogP contribution in [0.5, 0.6) is 5.75 Å². The van der Waals surface area contributed by atoms with Gasteiger partial charge in [-0.2, -0.15) is 0 Å². The number of non-ortho nitro benzene ring substituents is 1. The number of benzene rings is 3. The minimum absolute atomic E-state index is 0.0956. The van der Waals surface area contributed by atoms with E-state index in [0.29, 0.717) is 16.3 Å². The minimum atomic E-state index is -4.19. The second-order valence-corrected chi connectivity index (χ2v) is 8.73. The molecule has 0 radical (unpaired) electrons. The quantitative estimate of drug-likeness (QED) is 0.379. The monoisotopic (exact) mass is 475 g/mol. The Balaban J connectivity index is 1.90. The summed E-state index contributed by atoms with van der Waals surface area (Å²) < 4.78 is 33.2. The molecule has 0 fully saturated rings. The highest BCUT2D eigenvalue weighted by molar-refractivity contribution is 7.92. The largest absolute Gasteiger partial charge is 0.495 e. The van der Waals surface area contributed by atoms with Gasteiger partial charge in [-0.05, 0) is 48.9 Å². The molecule has 0 aliphatic carbocycles. The van der Waals surface area contributed by atoms with Crippen molar-refractivity contribution in [2.75, 3.05) is 17.1 Å². The number of methoxy groups -OCH3 is 1. The summed E-state index contributed by atoms with van der Waals surface area (Å²) in [5.41, 5.74) is 0.846. The lowest BCUT2D eigenvalue weighted by Gasteiger charge is -2.13. The molecule has 0 bridgehead atoms. The third-order valence-electron chi connectivity index (χ3n) is 4.56. The van der Waals surface area contributed by atoms with Crippen LogP contribution in [-0.2, 0) is 10.0 Å². The topological polar surface area (TPSA) is 128 Å². The number of carbonyl (C=O) groups is 1. The van der Waals surface area contributed by atoms with Gasteiger partial charge in [-0.15, -0.1) is 0 Å². The predicted molar refractivity (Wildman–Crippen MR) is 121 cm³/mol. The number of nitrogens with zero attached hydrogens (tertiary/aromatic N) is 1. The van der Waals surface area contributed by atoms with Gasteiger partial charge in [0.05, 0.1) is 22.6 Å². The van der Waals surface area contributed by atoms with Crippen LogP contribution in [0.4, 0.5) is 17.1 Å². The van der Waals surface area contributed by atoms with E-state index in [2.05, 4.69) is 10.0 Å².